The molecule has 2 aliphatic heterocycles. The minimum Gasteiger partial charge on any atom is -0.381 e. The highest BCUT2D eigenvalue weighted by Crippen LogP contribution is 2.18. The molecule has 0 amide bonds. The first-order chi connectivity index (χ1) is 13.7. The molecule has 2 saturated heterocycles. The van der Waals surface area contributed by atoms with Crippen molar-refractivity contribution in [2.75, 3.05) is 51.4 Å². The molecule has 3 rings (SSSR count). The fraction of sp³-hybridized carbons (Fsp3) is 0.714. The molecule has 1 aromatic heterocycles. The van der Waals surface area contributed by atoms with E-state index < -0.39 is 0 Å². The molecule has 0 unspecified atom stereocenters. The Morgan fingerprint density at radius 3 is 2.71 bits per heavy atom. The van der Waals surface area contributed by atoms with E-state index in [1.54, 1.807) is 0 Å². The van der Waals surface area contributed by atoms with Crippen molar-refractivity contribution in [1.82, 2.24) is 15.6 Å². The van der Waals surface area contributed by atoms with Gasteiger partial charge in [0.2, 0.25) is 0 Å². The van der Waals surface area contributed by atoms with E-state index in [2.05, 4.69) is 44.6 Å². The Hall–Kier alpha value is -1.86. The second-order valence-corrected chi connectivity index (χ2v) is 7.63. The Labute approximate surface area is 168 Å². The highest BCUT2D eigenvalue weighted by molar-refractivity contribution is 5.79. The average molecular weight is 390 g/mol. The van der Waals surface area contributed by atoms with Gasteiger partial charge in [-0.3, -0.25) is 4.99 Å². The van der Waals surface area contributed by atoms with Crippen molar-refractivity contribution in [3.05, 3.63) is 23.9 Å². The lowest BCUT2D eigenvalue weighted by molar-refractivity contribution is -0.0320. The van der Waals surface area contributed by atoms with E-state index in [1.807, 2.05) is 13.2 Å². The minimum absolute atomic E-state index is 0.374. The molecule has 0 bridgehead atoms. The summed E-state index contributed by atoms with van der Waals surface area (Å²) in [6, 6.07) is 4.70. The molecule has 2 N–H and O–H groups in total. The lowest BCUT2D eigenvalue weighted by Gasteiger charge is -2.33. The van der Waals surface area contributed by atoms with Crippen LogP contribution in [0.25, 0.3) is 0 Å². The normalized spacial score (nSPS) is 19.6. The number of guanidine groups is 1. The van der Waals surface area contributed by atoms with Crippen molar-refractivity contribution in [2.24, 2.45) is 4.99 Å². The highest BCUT2D eigenvalue weighted by atomic mass is 16.5. The lowest BCUT2D eigenvalue weighted by atomic mass is 10.1. The molecule has 28 heavy (non-hydrogen) atoms. The molecule has 1 aromatic rings. The molecule has 0 atom stereocenters. The van der Waals surface area contributed by atoms with E-state index in [0.29, 0.717) is 12.1 Å². The Kier molecular flexibility index (Phi) is 8.36. The van der Waals surface area contributed by atoms with Crippen molar-refractivity contribution in [3.8, 4) is 0 Å². The molecule has 2 fully saturated rings. The molecular formula is C21H35N5O2. The third kappa shape index (κ3) is 6.63. The van der Waals surface area contributed by atoms with E-state index in [4.69, 9.17) is 9.47 Å². The summed E-state index contributed by atoms with van der Waals surface area (Å²) in [7, 11) is 1.83. The maximum Gasteiger partial charge on any atom is 0.191 e. The lowest BCUT2D eigenvalue weighted by Crippen LogP contribution is -2.49. The van der Waals surface area contributed by atoms with Crippen LogP contribution >= 0.6 is 0 Å². The summed E-state index contributed by atoms with van der Waals surface area (Å²) in [5, 5.41) is 6.97. The van der Waals surface area contributed by atoms with Crippen LogP contribution in [-0.2, 0) is 9.47 Å². The second-order valence-electron chi connectivity index (χ2n) is 7.63. The molecule has 3 heterocycles. The van der Waals surface area contributed by atoms with Crippen molar-refractivity contribution in [1.29, 1.82) is 0 Å². The number of aliphatic imine (C=N–C) groups is 1. The number of hydrogen-bond donors (Lipinski definition) is 2. The molecule has 0 aliphatic carbocycles. The number of piperidine rings is 1. The number of nitrogens with zero attached hydrogens (tertiary/aromatic N) is 3. The summed E-state index contributed by atoms with van der Waals surface area (Å²) in [6.45, 7) is 7.43. The number of hydrogen-bond acceptors (Lipinski definition) is 5. The zero-order chi connectivity index (χ0) is 19.6. The van der Waals surface area contributed by atoms with Gasteiger partial charge < -0.3 is 25.0 Å². The van der Waals surface area contributed by atoms with Crippen LogP contribution in [0.4, 0.5) is 5.82 Å². The van der Waals surface area contributed by atoms with Crippen LogP contribution in [0.2, 0.25) is 0 Å². The third-order valence-electron chi connectivity index (χ3n) is 5.41. The van der Waals surface area contributed by atoms with E-state index in [1.165, 1.54) is 5.56 Å². The Balaban J connectivity index is 1.30. The summed E-state index contributed by atoms with van der Waals surface area (Å²) >= 11 is 0. The van der Waals surface area contributed by atoms with E-state index in [9.17, 15) is 0 Å². The fourth-order valence-corrected chi connectivity index (χ4v) is 3.66. The zero-order valence-electron chi connectivity index (χ0n) is 17.3. The maximum atomic E-state index is 5.92. The van der Waals surface area contributed by atoms with Crippen LogP contribution in [0, 0.1) is 6.92 Å². The summed E-state index contributed by atoms with van der Waals surface area (Å²) in [5.74, 6) is 1.97. The molecular weight excluding hydrogens is 354 g/mol. The van der Waals surface area contributed by atoms with Crippen molar-refractivity contribution < 1.29 is 9.47 Å². The molecule has 7 heteroatoms. The molecule has 0 saturated carbocycles. The number of anilines is 1. The van der Waals surface area contributed by atoms with Gasteiger partial charge in [0.05, 0.1) is 6.10 Å². The highest BCUT2D eigenvalue weighted by Gasteiger charge is 2.20. The first-order valence-corrected chi connectivity index (χ1v) is 10.6. The van der Waals surface area contributed by atoms with Crippen molar-refractivity contribution in [3.63, 3.8) is 0 Å². The average Bonchev–Trinajstić information content (AvgIpc) is 2.74. The van der Waals surface area contributed by atoms with Gasteiger partial charge in [-0.05, 0) is 50.7 Å². The molecule has 0 aromatic carbocycles. The van der Waals surface area contributed by atoms with Gasteiger partial charge in [0.25, 0.3) is 0 Å². The van der Waals surface area contributed by atoms with Crippen molar-refractivity contribution in [2.45, 2.75) is 51.2 Å². The van der Waals surface area contributed by atoms with Gasteiger partial charge in [-0.15, -0.1) is 0 Å². The summed E-state index contributed by atoms with van der Waals surface area (Å²) in [4.78, 5) is 11.3. The molecule has 156 valence electrons. The Morgan fingerprint density at radius 1 is 1.25 bits per heavy atom. The molecule has 7 nitrogen and oxygen atoms in total. The summed E-state index contributed by atoms with van der Waals surface area (Å²) in [6.07, 6.45) is 7.51. The van der Waals surface area contributed by atoms with Gasteiger partial charge >= 0.3 is 0 Å². The zero-order valence-corrected chi connectivity index (χ0v) is 17.3. The smallest absolute Gasteiger partial charge is 0.191 e. The van der Waals surface area contributed by atoms with Crippen LogP contribution in [0.15, 0.2) is 23.3 Å². The monoisotopic (exact) mass is 389 g/mol. The first-order valence-electron chi connectivity index (χ1n) is 10.6. The van der Waals surface area contributed by atoms with E-state index >= 15 is 0 Å². The number of ether oxygens (including phenoxy) is 2. The number of rotatable bonds is 7. The van der Waals surface area contributed by atoms with E-state index in [-0.39, 0.29) is 0 Å². The quantitative estimate of drug-likeness (QED) is 0.423. The van der Waals surface area contributed by atoms with Gasteiger partial charge in [-0.25, -0.2) is 4.98 Å². The number of aryl methyl sites for hydroxylation is 1. The predicted molar refractivity (Wildman–Crippen MR) is 113 cm³/mol. The van der Waals surface area contributed by atoms with E-state index in [0.717, 1.165) is 83.3 Å². The Morgan fingerprint density at radius 2 is 2.04 bits per heavy atom. The number of nitrogens with one attached hydrogen (secondary N) is 2. The number of pyridine rings is 1. The molecule has 0 radical (unpaired) electrons. The predicted octanol–water partition coefficient (Wildman–Crippen LogP) is 2.11. The second kappa shape index (κ2) is 11.2. The van der Waals surface area contributed by atoms with Gasteiger partial charge in [-0.2, -0.15) is 0 Å². The maximum absolute atomic E-state index is 5.92. The Bertz CT molecular complexity index is 593. The van der Waals surface area contributed by atoms with Gasteiger partial charge in [0, 0.05) is 58.7 Å². The standard InChI is InChI=1S/C21H35N5O2/c1-17-4-5-20(24-16-17)26-11-6-18(7-12-26)25-21(22-2)23-10-3-13-28-19-8-14-27-15-9-19/h4-5,16,18-19H,3,6-15H2,1-2H3,(H2,22,23,25). The van der Waals surface area contributed by atoms with Crippen molar-refractivity contribution >= 4 is 11.8 Å². The number of aromatic nitrogens is 1. The fourth-order valence-electron chi connectivity index (χ4n) is 3.66. The van der Waals surface area contributed by atoms with Crippen LogP contribution in [-0.4, -0.2) is 69.6 Å². The van der Waals surface area contributed by atoms with Gasteiger partial charge in [-0.1, -0.05) is 6.07 Å². The largest absolute Gasteiger partial charge is 0.381 e. The summed E-state index contributed by atoms with van der Waals surface area (Å²) < 4.78 is 11.3. The topological polar surface area (TPSA) is 71.0 Å². The SMILES string of the molecule is CN=C(NCCCOC1CCOCC1)NC1CCN(c2ccc(C)cn2)CC1. The minimum atomic E-state index is 0.374. The van der Waals surface area contributed by atoms with Gasteiger partial charge in [0.15, 0.2) is 5.96 Å². The molecule has 0 spiro atoms. The van der Waals surface area contributed by atoms with Crippen LogP contribution in [0.3, 0.4) is 0 Å². The molecule has 2 aliphatic rings. The van der Waals surface area contributed by atoms with Crippen LogP contribution in [0.5, 0.6) is 0 Å². The van der Waals surface area contributed by atoms with Crippen LogP contribution < -0.4 is 15.5 Å². The summed E-state index contributed by atoms with van der Waals surface area (Å²) in [5.41, 5.74) is 1.20. The first kappa shape index (κ1) is 20.9. The van der Waals surface area contributed by atoms with Gasteiger partial charge in [0.1, 0.15) is 5.82 Å². The third-order valence-corrected chi connectivity index (χ3v) is 5.41. The van der Waals surface area contributed by atoms with Crippen LogP contribution in [0.1, 0.15) is 37.7 Å².